The molecule has 0 saturated carbocycles. The molecule has 0 saturated heterocycles. The SMILES string of the molecule is [2H]C([2H])([2H])C(C)=CCO. The van der Waals surface area contributed by atoms with Gasteiger partial charge in [-0.25, -0.2) is 0 Å². The van der Waals surface area contributed by atoms with Gasteiger partial charge >= 0.3 is 0 Å². The van der Waals surface area contributed by atoms with E-state index in [0.717, 1.165) is 0 Å². The maximum absolute atomic E-state index is 8.27. The van der Waals surface area contributed by atoms with Crippen LogP contribution in [0.1, 0.15) is 17.9 Å². The molecule has 1 nitrogen and oxygen atoms in total. The summed E-state index contributed by atoms with van der Waals surface area (Å²) in [5.41, 5.74) is 0.241. The molecule has 6 heavy (non-hydrogen) atoms. The molecule has 0 aromatic rings. The van der Waals surface area contributed by atoms with Crippen molar-refractivity contribution in [3.05, 3.63) is 11.6 Å². The fraction of sp³-hybridized carbons (Fsp3) is 0.600. The van der Waals surface area contributed by atoms with E-state index >= 15 is 0 Å². The fourth-order valence-electron chi connectivity index (χ4n) is 0.137. The number of hydrogen-bond donors (Lipinski definition) is 1. The van der Waals surface area contributed by atoms with E-state index in [-0.39, 0.29) is 12.2 Å². The molecule has 0 aliphatic heterocycles. The van der Waals surface area contributed by atoms with Crippen LogP contribution in [-0.2, 0) is 0 Å². The minimum absolute atomic E-state index is 0.204. The molecule has 0 spiro atoms. The van der Waals surface area contributed by atoms with Crippen molar-refractivity contribution in [2.75, 3.05) is 6.61 Å². The molecule has 1 heteroatoms. The van der Waals surface area contributed by atoms with E-state index in [4.69, 9.17) is 9.22 Å². The van der Waals surface area contributed by atoms with Crippen LogP contribution in [0.3, 0.4) is 0 Å². The molecule has 0 unspecified atom stereocenters. The highest BCUT2D eigenvalue weighted by Gasteiger charge is 1.68. The second-order valence-electron chi connectivity index (χ2n) is 1.07. The molecule has 0 rings (SSSR count). The van der Waals surface area contributed by atoms with Crippen LogP contribution in [0.5, 0.6) is 0 Å². The summed E-state index contributed by atoms with van der Waals surface area (Å²) in [5, 5.41) is 8.27. The van der Waals surface area contributed by atoms with E-state index in [1.165, 1.54) is 13.0 Å². The summed E-state index contributed by atoms with van der Waals surface area (Å²) < 4.78 is 20.4. The van der Waals surface area contributed by atoms with E-state index in [1.807, 2.05) is 0 Å². The van der Waals surface area contributed by atoms with E-state index < -0.39 is 6.85 Å². The Hall–Kier alpha value is -0.300. The molecule has 0 aliphatic carbocycles. The normalized spacial score (nSPS) is 21.7. The van der Waals surface area contributed by atoms with Gasteiger partial charge in [0.1, 0.15) is 0 Å². The standard InChI is InChI=1S/C5H10O/c1-5(2)3-4-6/h3,6H,4H2,1-2H3/i1D3. The van der Waals surface area contributed by atoms with Gasteiger partial charge in [0, 0.05) is 4.11 Å². The van der Waals surface area contributed by atoms with Gasteiger partial charge in [-0.15, -0.1) is 0 Å². The van der Waals surface area contributed by atoms with Crippen LogP contribution >= 0.6 is 0 Å². The molecule has 0 aromatic carbocycles. The van der Waals surface area contributed by atoms with Crippen molar-refractivity contribution < 1.29 is 9.22 Å². The summed E-state index contributed by atoms with van der Waals surface area (Å²) in [6.45, 7) is -0.768. The highest BCUT2D eigenvalue weighted by atomic mass is 16.2. The van der Waals surface area contributed by atoms with Gasteiger partial charge < -0.3 is 5.11 Å². The second-order valence-corrected chi connectivity index (χ2v) is 1.07. The first-order chi connectivity index (χ1) is 3.98. The maximum Gasteiger partial charge on any atom is 0.0614 e. The van der Waals surface area contributed by atoms with Gasteiger partial charge in [0.25, 0.3) is 0 Å². The first-order valence-electron chi connectivity index (χ1n) is 3.26. The zero-order valence-corrected chi connectivity index (χ0v) is 3.73. The highest BCUT2D eigenvalue weighted by Crippen LogP contribution is 1.83. The lowest BCUT2D eigenvalue weighted by atomic mass is 10.3. The number of allylic oxidation sites excluding steroid dienone is 1. The second kappa shape index (κ2) is 2.91. The van der Waals surface area contributed by atoms with Crippen molar-refractivity contribution in [3.8, 4) is 0 Å². The lowest BCUT2D eigenvalue weighted by Crippen LogP contribution is -1.71. The topological polar surface area (TPSA) is 20.2 Å². The first kappa shape index (κ1) is 2.12. The molecule has 0 heterocycles. The summed E-state index contributed by atoms with van der Waals surface area (Å²) in [5.74, 6) is 0. The van der Waals surface area contributed by atoms with E-state index in [1.54, 1.807) is 0 Å². The number of aliphatic hydroxyl groups is 1. The summed E-state index contributed by atoms with van der Waals surface area (Å²) in [7, 11) is 0. The van der Waals surface area contributed by atoms with Gasteiger partial charge in [-0.05, 0) is 13.8 Å². The zero-order chi connectivity index (χ0) is 7.49. The monoisotopic (exact) mass is 89.1 g/mol. The first-order valence-corrected chi connectivity index (χ1v) is 1.76. The fourth-order valence-corrected chi connectivity index (χ4v) is 0.137. The predicted molar refractivity (Wildman–Crippen MR) is 26.5 cm³/mol. The minimum Gasteiger partial charge on any atom is -0.392 e. The Morgan fingerprint density at radius 3 is 3.00 bits per heavy atom. The number of rotatable bonds is 1. The minimum atomic E-state index is -2.04. The third-order valence-corrected chi connectivity index (χ3v) is 0.397. The van der Waals surface area contributed by atoms with Crippen LogP contribution in [0.25, 0.3) is 0 Å². The number of hydrogen-bond acceptors (Lipinski definition) is 1. The van der Waals surface area contributed by atoms with Crippen molar-refractivity contribution in [1.29, 1.82) is 0 Å². The van der Waals surface area contributed by atoms with Gasteiger partial charge in [-0.1, -0.05) is 11.6 Å². The largest absolute Gasteiger partial charge is 0.392 e. The average Bonchev–Trinajstić information content (AvgIpc) is 1.64. The molecule has 0 atom stereocenters. The Bertz CT molecular complexity index is 114. The van der Waals surface area contributed by atoms with Crippen molar-refractivity contribution >= 4 is 0 Å². The summed E-state index contributed by atoms with van der Waals surface area (Å²) in [6, 6.07) is 0. The number of aliphatic hydroxyl groups excluding tert-OH is 1. The molecule has 36 valence electrons. The summed E-state index contributed by atoms with van der Waals surface area (Å²) >= 11 is 0. The molecule has 1 N–H and O–H groups in total. The van der Waals surface area contributed by atoms with Crippen molar-refractivity contribution in [2.45, 2.75) is 13.8 Å². The summed E-state index contributed by atoms with van der Waals surface area (Å²) in [4.78, 5) is 0. The smallest absolute Gasteiger partial charge is 0.0614 e. The molecule has 0 aliphatic rings. The van der Waals surface area contributed by atoms with Gasteiger partial charge in [-0.2, -0.15) is 0 Å². The van der Waals surface area contributed by atoms with Gasteiger partial charge in [0.2, 0.25) is 0 Å². The third kappa shape index (κ3) is 3.70. The Balaban J connectivity index is 4.03. The molecule has 0 aromatic heterocycles. The molecular weight excluding hydrogens is 76.1 g/mol. The quantitative estimate of drug-likeness (QED) is 0.474. The predicted octanol–water partition coefficient (Wildman–Crippen LogP) is 0.945. The molecule has 0 bridgehead atoms. The van der Waals surface area contributed by atoms with Crippen LogP contribution in [-0.4, -0.2) is 11.7 Å². The highest BCUT2D eigenvalue weighted by molar-refractivity contribution is 4.91. The molecule has 0 fully saturated rings. The van der Waals surface area contributed by atoms with E-state index in [9.17, 15) is 0 Å². The van der Waals surface area contributed by atoms with Gasteiger partial charge in [-0.3, -0.25) is 0 Å². The Kier molecular flexibility index (Phi) is 1.03. The lowest BCUT2D eigenvalue weighted by molar-refractivity contribution is 0.342. The summed E-state index contributed by atoms with van der Waals surface area (Å²) in [6.07, 6.45) is 1.28. The molecule has 0 amide bonds. The molecular formula is C5H10O. The van der Waals surface area contributed by atoms with Crippen LogP contribution in [0, 0.1) is 0 Å². The lowest BCUT2D eigenvalue weighted by Gasteiger charge is -1.80. The Morgan fingerprint density at radius 2 is 2.83 bits per heavy atom. The maximum atomic E-state index is 8.27. The Morgan fingerprint density at radius 1 is 2.17 bits per heavy atom. The van der Waals surface area contributed by atoms with Crippen molar-refractivity contribution in [1.82, 2.24) is 0 Å². The van der Waals surface area contributed by atoms with Crippen molar-refractivity contribution in [2.24, 2.45) is 0 Å². The Labute approximate surface area is 42.5 Å². The van der Waals surface area contributed by atoms with Gasteiger partial charge in [0.15, 0.2) is 0 Å². The zero-order valence-electron chi connectivity index (χ0n) is 6.73. The van der Waals surface area contributed by atoms with Crippen LogP contribution < -0.4 is 0 Å². The van der Waals surface area contributed by atoms with E-state index in [2.05, 4.69) is 0 Å². The van der Waals surface area contributed by atoms with E-state index in [0.29, 0.717) is 0 Å². The average molecular weight is 89.2 g/mol. The van der Waals surface area contributed by atoms with Crippen LogP contribution in [0.4, 0.5) is 0 Å². The van der Waals surface area contributed by atoms with Gasteiger partial charge in [0.05, 0.1) is 6.61 Å². The van der Waals surface area contributed by atoms with Crippen molar-refractivity contribution in [3.63, 3.8) is 0 Å². The van der Waals surface area contributed by atoms with Crippen LogP contribution in [0.2, 0.25) is 0 Å². The third-order valence-electron chi connectivity index (χ3n) is 0.397. The molecule has 0 radical (unpaired) electrons. The van der Waals surface area contributed by atoms with Crippen LogP contribution in [0.15, 0.2) is 11.6 Å².